The molecule has 1 aliphatic rings. The van der Waals surface area contributed by atoms with Gasteiger partial charge in [0.05, 0.1) is 11.2 Å². The third-order valence-electron chi connectivity index (χ3n) is 5.94. The van der Waals surface area contributed by atoms with Gasteiger partial charge < -0.3 is 4.42 Å². The van der Waals surface area contributed by atoms with E-state index in [-0.39, 0.29) is 5.41 Å². The highest BCUT2D eigenvalue weighted by Crippen LogP contribution is 2.49. The molecule has 0 saturated carbocycles. The van der Waals surface area contributed by atoms with Crippen molar-refractivity contribution < 1.29 is 8.53 Å². The molecule has 2 nitrogen and oxygen atoms in total. The second-order valence-corrected chi connectivity index (χ2v) is 7.88. The second-order valence-electron chi connectivity index (χ2n) is 7.88. The van der Waals surface area contributed by atoms with Crippen molar-refractivity contribution in [2.45, 2.75) is 26.1 Å². The topological polar surface area (TPSA) is 26.0 Å². The van der Waals surface area contributed by atoms with Crippen LogP contribution in [-0.2, 0) is 5.41 Å². The molecule has 130 valence electrons. The third kappa shape index (κ3) is 1.83. The Kier molecular flexibility index (Phi) is 2.17. The normalized spacial score (nSPS) is 16.9. The summed E-state index contributed by atoms with van der Waals surface area (Å²) in [4.78, 5) is 5.04. The Hall–Kier alpha value is -3.13. The lowest BCUT2D eigenvalue weighted by molar-refractivity contribution is 0.642. The Bertz CT molecular complexity index is 1510. The maximum absolute atomic E-state index is 7.77. The highest BCUT2D eigenvalue weighted by atomic mass is 16.3. The Morgan fingerprint density at radius 2 is 1.70 bits per heavy atom. The SMILES string of the molecule is [2H]C([2H])([2H])c1ccc2nc3c(cc2c1)C(C)(C)c1cccc2oc4cccc-3c4c12. The molecule has 0 radical (unpaired) electrons. The molecule has 0 N–H and O–H groups in total. The van der Waals surface area contributed by atoms with Crippen molar-refractivity contribution in [3.8, 4) is 11.3 Å². The molecule has 0 fully saturated rings. The highest BCUT2D eigenvalue weighted by molar-refractivity contribution is 6.15. The van der Waals surface area contributed by atoms with Gasteiger partial charge >= 0.3 is 0 Å². The van der Waals surface area contributed by atoms with E-state index in [0.29, 0.717) is 5.56 Å². The van der Waals surface area contributed by atoms with Crippen molar-refractivity contribution in [1.29, 1.82) is 0 Å². The second kappa shape index (κ2) is 4.77. The highest BCUT2D eigenvalue weighted by Gasteiger charge is 2.34. The fraction of sp³-hybridized carbons (Fsp3) is 0.160. The summed E-state index contributed by atoms with van der Waals surface area (Å²) in [5, 5.41) is 3.08. The number of hydrogen-bond acceptors (Lipinski definition) is 2. The Balaban J connectivity index is 1.79. The van der Waals surface area contributed by atoms with Gasteiger partial charge in [0.15, 0.2) is 0 Å². The third-order valence-corrected chi connectivity index (χ3v) is 5.94. The van der Waals surface area contributed by atoms with Crippen molar-refractivity contribution in [1.82, 2.24) is 4.98 Å². The number of aromatic nitrogens is 1. The molecule has 6 rings (SSSR count). The van der Waals surface area contributed by atoms with Crippen LogP contribution in [0.25, 0.3) is 44.1 Å². The van der Waals surface area contributed by atoms with E-state index >= 15 is 0 Å². The first-order chi connectivity index (χ1) is 14.2. The van der Waals surface area contributed by atoms with Gasteiger partial charge in [-0.05, 0) is 48.3 Å². The number of aryl methyl sites for hydroxylation is 1. The van der Waals surface area contributed by atoms with Gasteiger partial charge in [0.25, 0.3) is 0 Å². The molecule has 2 aromatic heterocycles. The van der Waals surface area contributed by atoms with E-state index in [0.717, 1.165) is 49.7 Å². The summed E-state index contributed by atoms with van der Waals surface area (Å²) in [6.07, 6.45) is 0. The molecule has 27 heavy (non-hydrogen) atoms. The number of rotatable bonds is 0. The minimum atomic E-state index is -2.14. The van der Waals surface area contributed by atoms with Crippen molar-refractivity contribution >= 4 is 32.8 Å². The molecule has 5 aromatic rings. The Labute approximate surface area is 161 Å². The molecule has 0 bridgehead atoms. The van der Waals surface area contributed by atoms with Crippen molar-refractivity contribution in [3.63, 3.8) is 0 Å². The van der Waals surface area contributed by atoms with E-state index in [1.807, 2.05) is 30.3 Å². The van der Waals surface area contributed by atoms with Crippen LogP contribution in [0.3, 0.4) is 0 Å². The lowest BCUT2D eigenvalue weighted by Crippen LogP contribution is -2.20. The average molecular weight is 352 g/mol. The molecule has 0 atom stereocenters. The summed E-state index contributed by atoms with van der Waals surface area (Å²) in [5.74, 6) is 0. The first kappa shape index (κ1) is 12.3. The Morgan fingerprint density at radius 3 is 2.56 bits per heavy atom. The molecule has 0 unspecified atom stereocenters. The first-order valence-electron chi connectivity index (χ1n) is 10.7. The van der Waals surface area contributed by atoms with Gasteiger partial charge in [-0.25, -0.2) is 4.98 Å². The zero-order valence-electron chi connectivity index (χ0n) is 18.1. The van der Waals surface area contributed by atoms with Gasteiger partial charge in [-0.1, -0.05) is 49.7 Å². The number of hydrogen-bond donors (Lipinski definition) is 0. The van der Waals surface area contributed by atoms with Gasteiger partial charge in [0.2, 0.25) is 0 Å². The fourth-order valence-electron chi connectivity index (χ4n) is 4.59. The van der Waals surface area contributed by atoms with Crippen molar-refractivity contribution in [2.75, 3.05) is 0 Å². The van der Waals surface area contributed by atoms with Gasteiger partial charge in [-0.15, -0.1) is 0 Å². The average Bonchev–Trinajstić information content (AvgIpc) is 3.07. The minimum absolute atomic E-state index is 0.332. The lowest BCUT2D eigenvalue weighted by atomic mass is 9.76. The zero-order chi connectivity index (χ0) is 20.8. The minimum Gasteiger partial charge on any atom is -0.456 e. The molecular weight excluding hydrogens is 330 g/mol. The number of pyridine rings is 1. The largest absolute Gasteiger partial charge is 0.456 e. The molecule has 0 saturated heterocycles. The summed E-state index contributed by atoms with van der Waals surface area (Å²) in [5.41, 5.74) is 6.81. The first-order valence-corrected chi connectivity index (χ1v) is 9.16. The summed E-state index contributed by atoms with van der Waals surface area (Å²) in [7, 11) is 0. The van der Waals surface area contributed by atoms with Crippen LogP contribution in [-0.4, -0.2) is 4.98 Å². The predicted octanol–water partition coefficient (Wildman–Crippen LogP) is 6.75. The van der Waals surface area contributed by atoms with E-state index in [2.05, 4.69) is 32.0 Å². The number of fused-ring (bicyclic) bond motifs is 3. The van der Waals surface area contributed by atoms with Crippen molar-refractivity contribution in [3.05, 3.63) is 77.4 Å². The van der Waals surface area contributed by atoms with E-state index in [1.165, 1.54) is 5.56 Å². The van der Waals surface area contributed by atoms with Crippen LogP contribution in [0.2, 0.25) is 0 Å². The van der Waals surface area contributed by atoms with Crippen LogP contribution in [0.5, 0.6) is 0 Å². The molecule has 0 aliphatic heterocycles. The molecule has 0 spiro atoms. The van der Waals surface area contributed by atoms with E-state index in [4.69, 9.17) is 13.5 Å². The molecule has 3 aromatic carbocycles. The maximum atomic E-state index is 7.77. The summed E-state index contributed by atoms with van der Waals surface area (Å²) < 4.78 is 29.5. The van der Waals surface area contributed by atoms with E-state index < -0.39 is 6.85 Å². The zero-order valence-corrected chi connectivity index (χ0v) is 15.1. The lowest BCUT2D eigenvalue weighted by Gasteiger charge is -2.27. The monoisotopic (exact) mass is 352 g/mol. The van der Waals surface area contributed by atoms with Gasteiger partial charge in [-0.2, -0.15) is 0 Å². The number of nitrogens with zero attached hydrogens (tertiary/aromatic N) is 1. The predicted molar refractivity (Wildman–Crippen MR) is 111 cm³/mol. The van der Waals surface area contributed by atoms with Crippen LogP contribution in [0, 0.1) is 6.85 Å². The molecule has 2 heteroatoms. The van der Waals surface area contributed by atoms with Crippen LogP contribution >= 0.6 is 0 Å². The van der Waals surface area contributed by atoms with E-state index in [1.54, 1.807) is 12.1 Å². The van der Waals surface area contributed by atoms with Gasteiger partial charge in [0.1, 0.15) is 11.2 Å². The van der Waals surface area contributed by atoms with Crippen molar-refractivity contribution in [2.24, 2.45) is 0 Å². The summed E-state index contributed by atoms with van der Waals surface area (Å²) in [6.45, 7) is 2.26. The van der Waals surface area contributed by atoms with Crippen LogP contribution in [0.1, 0.15) is 34.7 Å². The molecular formula is C25H19NO. The smallest absolute Gasteiger partial charge is 0.136 e. The molecule has 2 heterocycles. The van der Waals surface area contributed by atoms with E-state index in [9.17, 15) is 0 Å². The van der Waals surface area contributed by atoms with Gasteiger partial charge in [0, 0.05) is 31.2 Å². The van der Waals surface area contributed by atoms with Gasteiger partial charge in [-0.3, -0.25) is 0 Å². The Morgan fingerprint density at radius 1 is 0.889 bits per heavy atom. The molecule has 1 aliphatic carbocycles. The van der Waals surface area contributed by atoms with Crippen LogP contribution < -0.4 is 0 Å². The number of furan rings is 1. The van der Waals surface area contributed by atoms with Crippen LogP contribution in [0.15, 0.2) is 65.1 Å². The fourth-order valence-corrected chi connectivity index (χ4v) is 4.59. The summed E-state index contributed by atoms with van der Waals surface area (Å²) in [6, 6.07) is 19.7. The standard InChI is InChI=1S/C25H19NO/c1-14-10-11-19-15(12-14)13-18-24(26-19)16-6-4-8-20-22(16)23-17(25(18,2)3)7-5-9-21(23)27-20/h4-13H,1-3H3/i1D3. The quantitative estimate of drug-likeness (QED) is 0.308. The maximum Gasteiger partial charge on any atom is 0.136 e. The molecule has 0 amide bonds. The van der Waals surface area contributed by atoms with Crippen LogP contribution in [0.4, 0.5) is 0 Å². The number of benzene rings is 3. The summed E-state index contributed by atoms with van der Waals surface area (Å²) >= 11 is 0.